The zero-order chi connectivity index (χ0) is 26.4. The van der Waals surface area contributed by atoms with Crippen molar-refractivity contribution in [1.82, 2.24) is 4.57 Å². The van der Waals surface area contributed by atoms with Gasteiger partial charge in [-0.25, -0.2) is 4.99 Å². The summed E-state index contributed by atoms with van der Waals surface area (Å²) in [6.07, 6.45) is 3.57. The summed E-state index contributed by atoms with van der Waals surface area (Å²) in [6.45, 7) is 5.90. The summed E-state index contributed by atoms with van der Waals surface area (Å²) in [5.74, 6) is 0.165. The molecule has 38 heavy (non-hydrogen) atoms. The van der Waals surface area contributed by atoms with Crippen molar-refractivity contribution in [3.63, 3.8) is 0 Å². The fourth-order valence-corrected chi connectivity index (χ4v) is 6.80. The second-order valence-electron chi connectivity index (χ2n) is 9.58. The van der Waals surface area contributed by atoms with Crippen molar-refractivity contribution >= 4 is 44.7 Å². The van der Waals surface area contributed by atoms with Crippen LogP contribution < -0.4 is 19.8 Å². The van der Waals surface area contributed by atoms with Gasteiger partial charge >= 0.3 is 0 Å². The lowest BCUT2D eigenvalue weighted by Gasteiger charge is -2.30. The summed E-state index contributed by atoms with van der Waals surface area (Å²) in [6, 6.07) is 22.1. The summed E-state index contributed by atoms with van der Waals surface area (Å²) < 4.78 is 3.40. The topological polar surface area (TPSA) is 57.8 Å². The molecule has 0 saturated heterocycles. The Morgan fingerprint density at radius 2 is 1.84 bits per heavy atom. The number of benzene rings is 3. The Labute approximate surface area is 233 Å². The van der Waals surface area contributed by atoms with E-state index in [1.54, 1.807) is 12.1 Å². The van der Waals surface area contributed by atoms with Gasteiger partial charge in [-0.2, -0.15) is 0 Å². The molecule has 192 valence electrons. The Balaban J connectivity index is 1.54. The minimum atomic E-state index is -0.219. The number of rotatable bonds is 5. The molecule has 2 aliphatic rings. The van der Waals surface area contributed by atoms with E-state index in [1.165, 1.54) is 22.5 Å². The molecule has 0 amide bonds. The zero-order valence-corrected chi connectivity index (χ0v) is 23.7. The number of aromatic hydroxyl groups is 1. The normalized spacial score (nSPS) is 16.5. The van der Waals surface area contributed by atoms with E-state index in [9.17, 15) is 9.90 Å². The van der Waals surface area contributed by atoms with Crippen LogP contribution >= 0.6 is 27.3 Å². The van der Waals surface area contributed by atoms with Crippen LogP contribution in [0.5, 0.6) is 5.75 Å². The highest BCUT2D eigenvalue weighted by Crippen LogP contribution is 2.41. The van der Waals surface area contributed by atoms with Crippen LogP contribution in [-0.2, 0) is 6.42 Å². The van der Waals surface area contributed by atoms with Crippen molar-refractivity contribution < 1.29 is 5.11 Å². The van der Waals surface area contributed by atoms with E-state index in [2.05, 4.69) is 71.1 Å². The van der Waals surface area contributed by atoms with Crippen LogP contribution in [0.25, 0.3) is 11.8 Å². The van der Waals surface area contributed by atoms with E-state index in [0.29, 0.717) is 14.9 Å². The molecular weight excluding hydrogens is 558 g/mol. The first-order valence-electron chi connectivity index (χ1n) is 12.9. The fourth-order valence-electron chi connectivity index (χ4n) is 5.55. The number of fused-ring (bicyclic) bond motifs is 3. The average Bonchev–Trinajstić information content (AvgIpc) is 3.24. The van der Waals surface area contributed by atoms with Crippen molar-refractivity contribution in [2.24, 2.45) is 4.99 Å². The molecule has 0 saturated carbocycles. The number of thiazole rings is 1. The lowest BCUT2D eigenvalue weighted by molar-refractivity contribution is 0.474. The van der Waals surface area contributed by atoms with Crippen molar-refractivity contribution in [1.29, 1.82) is 0 Å². The monoisotopic (exact) mass is 585 g/mol. The zero-order valence-electron chi connectivity index (χ0n) is 21.3. The van der Waals surface area contributed by atoms with Crippen LogP contribution in [0, 0.1) is 0 Å². The van der Waals surface area contributed by atoms with E-state index in [1.807, 2.05) is 28.8 Å². The van der Waals surface area contributed by atoms with Crippen LogP contribution in [0.3, 0.4) is 0 Å². The first kappa shape index (κ1) is 24.9. The molecule has 5 nitrogen and oxygen atoms in total. The Kier molecular flexibility index (Phi) is 6.58. The van der Waals surface area contributed by atoms with E-state index in [0.717, 1.165) is 52.9 Å². The number of aryl methyl sites for hydroxylation is 1. The van der Waals surface area contributed by atoms with Gasteiger partial charge in [-0.15, -0.1) is 0 Å². The van der Waals surface area contributed by atoms with Crippen molar-refractivity contribution in [2.75, 3.05) is 18.0 Å². The minimum Gasteiger partial charge on any atom is -0.507 e. The number of phenolic OH excluding ortho intramolecular Hbond substituents is 1. The Hall–Kier alpha value is -3.42. The second kappa shape index (κ2) is 10.0. The number of hydrogen-bond donors (Lipinski definition) is 1. The Morgan fingerprint density at radius 3 is 2.58 bits per heavy atom. The third kappa shape index (κ3) is 4.24. The maximum atomic E-state index is 13.9. The molecule has 0 radical (unpaired) electrons. The van der Waals surface area contributed by atoms with Gasteiger partial charge in [0.25, 0.3) is 5.56 Å². The minimum absolute atomic E-state index is 0.0840. The standard InChI is InChI=1S/C31H28BrN3O2S/c1-3-34(4-2)23-15-11-21(26(36)18-23)17-27-30(37)35-29(20-9-13-22(32)14-10-20)25-16-12-19-7-5-6-8-24(19)28(25)33-31(35)38-27/h5-11,13-15,17-18,29,36H,3-4,12,16H2,1-2H3/b27-17-/t29-/m0/s1. The summed E-state index contributed by atoms with van der Waals surface area (Å²) in [4.78, 5) is 21.9. The molecule has 0 bridgehead atoms. The number of anilines is 1. The largest absolute Gasteiger partial charge is 0.507 e. The van der Waals surface area contributed by atoms with Crippen molar-refractivity contribution in [3.8, 4) is 5.75 Å². The van der Waals surface area contributed by atoms with E-state index < -0.39 is 0 Å². The van der Waals surface area contributed by atoms with Crippen LogP contribution in [0.15, 0.2) is 86.6 Å². The van der Waals surface area contributed by atoms with Gasteiger partial charge < -0.3 is 10.0 Å². The van der Waals surface area contributed by atoms with Gasteiger partial charge in [-0.1, -0.05) is 63.7 Å². The number of aromatic nitrogens is 1. The highest BCUT2D eigenvalue weighted by Gasteiger charge is 2.32. The SMILES string of the molecule is CCN(CC)c1ccc(/C=c2\sc3n(c2=O)[C@@H](c2ccc(Br)cc2)C2=C(N=3)c3ccccc3CC2)c(O)c1. The van der Waals surface area contributed by atoms with Gasteiger partial charge in [0.1, 0.15) is 5.75 Å². The molecule has 6 rings (SSSR count). The van der Waals surface area contributed by atoms with Gasteiger partial charge in [0, 0.05) is 40.4 Å². The van der Waals surface area contributed by atoms with Gasteiger partial charge in [0.2, 0.25) is 0 Å². The number of allylic oxidation sites excluding steroid dienone is 1. The van der Waals surface area contributed by atoms with Crippen molar-refractivity contribution in [3.05, 3.63) is 119 Å². The molecule has 0 fully saturated rings. The molecule has 0 spiro atoms. The number of phenols is 1. The van der Waals surface area contributed by atoms with Gasteiger partial charge in [0.15, 0.2) is 4.80 Å². The maximum Gasteiger partial charge on any atom is 0.271 e. The quantitative estimate of drug-likeness (QED) is 0.330. The number of nitrogens with zero attached hydrogens (tertiary/aromatic N) is 3. The molecule has 2 heterocycles. The van der Waals surface area contributed by atoms with Gasteiger partial charge in [0.05, 0.1) is 16.3 Å². The van der Waals surface area contributed by atoms with Gasteiger partial charge in [-0.05, 0) is 73.7 Å². The van der Waals surface area contributed by atoms with Gasteiger partial charge in [-0.3, -0.25) is 9.36 Å². The molecule has 1 aliphatic carbocycles. The summed E-state index contributed by atoms with van der Waals surface area (Å²) in [5, 5.41) is 10.8. The number of halogens is 1. The highest BCUT2D eigenvalue weighted by molar-refractivity contribution is 9.10. The lowest BCUT2D eigenvalue weighted by atomic mass is 9.83. The second-order valence-corrected chi connectivity index (χ2v) is 11.5. The molecule has 1 aliphatic heterocycles. The van der Waals surface area contributed by atoms with Crippen LogP contribution in [0.2, 0.25) is 0 Å². The first-order valence-corrected chi connectivity index (χ1v) is 14.6. The molecule has 3 aromatic carbocycles. The third-order valence-electron chi connectivity index (χ3n) is 7.49. The molecule has 1 aromatic heterocycles. The predicted molar refractivity (Wildman–Crippen MR) is 159 cm³/mol. The Morgan fingerprint density at radius 1 is 1.08 bits per heavy atom. The molecule has 1 N–H and O–H groups in total. The average molecular weight is 587 g/mol. The predicted octanol–water partition coefficient (Wildman–Crippen LogP) is 5.63. The fraction of sp³-hybridized carbons (Fsp3) is 0.226. The lowest BCUT2D eigenvalue weighted by Crippen LogP contribution is -2.38. The smallest absolute Gasteiger partial charge is 0.271 e. The highest BCUT2D eigenvalue weighted by atomic mass is 79.9. The maximum absolute atomic E-state index is 13.9. The Bertz CT molecular complexity index is 1750. The molecule has 1 atom stereocenters. The van der Waals surface area contributed by atoms with Crippen LogP contribution in [0.1, 0.15) is 48.6 Å². The summed E-state index contributed by atoms with van der Waals surface area (Å²) in [7, 11) is 0. The molecular formula is C31H28BrN3O2S. The first-order chi connectivity index (χ1) is 18.5. The van der Waals surface area contributed by atoms with Crippen LogP contribution in [-0.4, -0.2) is 22.8 Å². The molecule has 4 aromatic rings. The number of hydrogen-bond acceptors (Lipinski definition) is 5. The third-order valence-corrected chi connectivity index (χ3v) is 9.00. The summed E-state index contributed by atoms with van der Waals surface area (Å²) in [5.41, 5.74) is 7.18. The molecule has 0 unspecified atom stereocenters. The summed E-state index contributed by atoms with van der Waals surface area (Å²) >= 11 is 4.93. The van der Waals surface area contributed by atoms with E-state index >= 15 is 0 Å². The molecule has 7 heteroatoms. The van der Waals surface area contributed by atoms with Crippen LogP contribution in [0.4, 0.5) is 5.69 Å². The van der Waals surface area contributed by atoms with E-state index in [-0.39, 0.29) is 17.4 Å². The van der Waals surface area contributed by atoms with Crippen molar-refractivity contribution in [2.45, 2.75) is 32.7 Å². The van der Waals surface area contributed by atoms with E-state index in [4.69, 9.17) is 4.99 Å².